The van der Waals surface area contributed by atoms with E-state index in [-0.39, 0.29) is 0 Å². The Morgan fingerprint density at radius 3 is 1.52 bits per heavy atom. The molecular weight excluding hydrogens is 611 g/mol. The van der Waals surface area contributed by atoms with Crippen molar-refractivity contribution in [3.8, 4) is 67.5 Å². The van der Waals surface area contributed by atoms with E-state index in [9.17, 15) is 0 Å². The van der Waals surface area contributed by atoms with Gasteiger partial charge in [0, 0.05) is 34.7 Å². The van der Waals surface area contributed by atoms with Crippen LogP contribution in [0.5, 0.6) is 0 Å². The van der Waals surface area contributed by atoms with Gasteiger partial charge in [0.25, 0.3) is 0 Å². The summed E-state index contributed by atoms with van der Waals surface area (Å²) in [6.45, 7) is 0. The molecule has 4 aromatic carbocycles. The first kappa shape index (κ1) is 29.3. The van der Waals surface area contributed by atoms with Gasteiger partial charge in [0.15, 0.2) is 0 Å². The maximum Gasteiger partial charge on any atom is 0.0972 e. The average molecular weight is 640 g/mol. The molecule has 0 radical (unpaired) electrons. The Morgan fingerprint density at radius 2 is 0.900 bits per heavy atom. The van der Waals surface area contributed by atoms with Gasteiger partial charge < -0.3 is 0 Å². The monoisotopic (exact) mass is 639 g/mol. The van der Waals surface area contributed by atoms with Crippen LogP contribution in [0.1, 0.15) is 0 Å². The molecule has 0 saturated heterocycles. The molecule has 0 N–H and O–H groups in total. The zero-order valence-corrected chi connectivity index (χ0v) is 27.0. The first-order valence-corrected chi connectivity index (χ1v) is 16.6. The molecule has 0 aliphatic rings. The zero-order chi connectivity index (χ0) is 33.3. The van der Waals surface area contributed by atoms with Gasteiger partial charge in [-0.25, -0.2) is 9.97 Å². The molecule has 50 heavy (non-hydrogen) atoms. The van der Waals surface area contributed by atoms with Gasteiger partial charge in [-0.3, -0.25) is 15.0 Å². The first-order chi connectivity index (χ1) is 24.8. The van der Waals surface area contributed by atoms with Crippen LogP contribution in [0.25, 0.3) is 89.2 Å². The number of rotatable bonds is 6. The van der Waals surface area contributed by atoms with Gasteiger partial charge in [0.2, 0.25) is 0 Å². The number of aromatic nitrogens is 5. The quantitative estimate of drug-likeness (QED) is 0.169. The number of hydrogen-bond acceptors (Lipinski definition) is 5. The molecule has 0 unspecified atom stereocenters. The number of hydrogen-bond donors (Lipinski definition) is 0. The van der Waals surface area contributed by atoms with E-state index in [1.165, 1.54) is 16.5 Å². The minimum atomic E-state index is 0.805. The highest BCUT2D eigenvalue weighted by molar-refractivity contribution is 6.17. The third-order valence-electron chi connectivity index (χ3n) is 9.04. The second-order valence-electron chi connectivity index (χ2n) is 12.1. The minimum absolute atomic E-state index is 0.805. The molecule has 5 heteroatoms. The first-order valence-electron chi connectivity index (χ1n) is 16.6. The van der Waals surface area contributed by atoms with Crippen LogP contribution in [0.4, 0.5) is 0 Å². The van der Waals surface area contributed by atoms with Crippen LogP contribution in [0.2, 0.25) is 0 Å². The van der Waals surface area contributed by atoms with Crippen LogP contribution in [-0.2, 0) is 0 Å². The number of fused-ring (bicyclic) bond motifs is 3. The Bertz CT molecular complexity index is 2550. The minimum Gasteiger partial charge on any atom is -0.255 e. The summed E-state index contributed by atoms with van der Waals surface area (Å²) < 4.78 is 0. The van der Waals surface area contributed by atoms with Crippen LogP contribution in [0, 0.1) is 0 Å². The normalized spacial score (nSPS) is 11.2. The Kier molecular flexibility index (Phi) is 7.41. The Labute approximate surface area is 289 Å². The molecule has 5 nitrogen and oxygen atoms in total. The van der Waals surface area contributed by atoms with E-state index < -0.39 is 0 Å². The number of nitrogens with zero attached hydrogens (tertiary/aromatic N) is 5. The largest absolute Gasteiger partial charge is 0.255 e. The van der Waals surface area contributed by atoms with Crippen molar-refractivity contribution in [1.29, 1.82) is 0 Å². The van der Waals surface area contributed by atoms with E-state index in [0.29, 0.717) is 0 Å². The fourth-order valence-electron chi connectivity index (χ4n) is 6.64. The fourth-order valence-corrected chi connectivity index (χ4v) is 6.64. The summed E-state index contributed by atoms with van der Waals surface area (Å²) in [5, 5.41) is 3.37. The summed E-state index contributed by atoms with van der Waals surface area (Å²) in [6.07, 6.45) is 5.41. The second kappa shape index (κ2) is 12.6. The van der Waals surface area contributed by atoms with E-state index >= 15 is 0 Å². The van der Waals surface area contributed by atoms with Crippen molar-refractivity contribution in [2.45, 2.75) is 0 Å². The zero-order valence-electron chi connectivity index (χ0n) is 27.0. The van der Waals surface area contributed by atoms with Crippen molar-refractivity contribution in [1.82, 2.24) is 24.9 Å². The van der Waals surface area contributed by atoms with Crippen molar-refractivity contribution >= 4 is 21.7 Å². The molecule has 5 heterocycles. The van der Waals surface area contributed by atoms with Crippen LogP contribution in [0.15, 0.2) is 176 Å². The average Bonchev–Trinajstić information content (AvgIpc) is 3.21. The third-order valence-corrected chi connectivity index (χ3v) is 9.04. The summed E-state index contributed by atoms with van der Waals surface area (Å²) in [5.41, 5.74) is 12.6. The molecule has 0 amide bonds. The van der Waals surface area contributed by atoms with E-state index in [2.05, 4.69) is 113 Å². The van der Waals surface area contributed by atoms with Crippen molar-refractivity contribution in [2.24, 2.45) is 0 Å². The lowest BCUT2D eigenvalue weighted by molar-refractivity contribution is 1.22. The van der Waals surface area contributed by atoms with E-state index in [1.54, 1.807) is 12.4 Å². The van der Waals surface area contributed by atoms with Crippen LogP contribution in [0.3, 0.4) is 0 Å². The highest BCUT2D eigenvalue weighted by Gasteiger charge is 2.16. The van der Waals surface area contributed by atoms with Gasteiger partial charge in [0.1, 0.15) is 0 Å². The summed E-state index contributed by atoms with van der Waals surface area (Å²) >= 11 is 0. The predicted molar refractivity (Wildman–Crippen MR) is 203 cm³/mol. The molecule has 0 bridgehead atoms. The van der Waals surface area contributed by atoms with E-state index in [4.69, 9.17) is 15.0 Å². The SMILES string of the molecule is c1ccc(-c2cccc3c(-c4ccccn4)nc4cc(-c5ccc(-c6cc(-c7ccccn7)nc(-c7ccccn7)c6)cc5)ccc4c23)cc1. The molecule has 0 aliphatic heterocycles. The van der Waals surface area contributed by atoms with Crippen LogP contribution < -0.4 is 0 Å². The molecule has 0 atom stereocenters. The molecule has 9 rings (SSSR count). The van der Waals surface area contributed by atoms with Crippen molar-refractivity contribution in [2.75, 3.05) is 0 Å². The van der Waals surface area contributed by atoms with E-state index in [0.717, 1.165) is 72.7 Å². The van der Waals surface area contributed by atoms with Crippen molar-refractivity contribution in [3.05, 3.63) is 176 Å². The van der Waals surface area contributed by atoms with Gasteiger partial charge in [0.05, 0.1) is 39.7 Å². The molecule has 5 aromatic heterocycles. The number of pyridine rings is 5. The highest BCUT2D eigenvalue weighted by Crippen LogP contribution is 2.39. The Balaban J connectivity index is 1.16. The summed E-state index contributed by atoms with van der Waals surface area (Å²) in [4.78, 5) is 24.0. The lowest BCUT2D eigenvalue weighted by atomic mass is 9.92. The molecule has 0 aliphatic carbocycles. The molecule has 234 valence electrons. The third kappa shape index (κ3) is 5.47. The molecular formula is C45H29N5. The summed E-state index contributed by atoms with van der Waals surface area (Å²) in [5.74, 6) is 0. The number of benzene rings is 4. The molecule has 0 fully saturated rings. The molecule has 0 spiro atoms. The van der Waals surface area contributed by atoms with E-state index in [1.807, 2.05) is 60.8 Å². The maximum atomic E-state index is 5.26. The van der Waals surface area contributed by atoms with Gasteiger partial charge in [-0.15, -0.1) is 0 Å². The lowest BCUT2D eigenvalue weighted by Crippen LogP contribution is -1.94. The van der Waals surface area contributed by atoms with Gasteiger partial charge in [-0.1, -0.05) is 103 Å². The van der Waals surface area contributed by atoms with Gasteiger partial charge in [-0.2, -0.15) is 0 Å². The van der Waals surface area contributed by atoms with Crippen molar-refractivity contribution < 1.29 is 0 Å². The molecule has 0 saturated carbocycles. The summed E-state index contributed by atoms with van der Waals surface area (Å²) in [6, 6.07) is 54.2. The highest BCUT2D eigenvalue weighted by atomic mass is 14.8. The molecule has 9 aromatic rings. The Hall–Kier alpha value is -6.85. The van der Waals surface area contributed by atoms with Crippen molar-refractivity contribution in [3.63, 3.8) is 0 Å². The van der Waals surface area contributed by atoms with Gasteiger partial charge in [-0.05, 0) is 88.0 Å². The second-order valence-corrected chi connectivity index (χ2v) is 12.1. The topological polar surface area (TPSA) is 64.5 Å². The smallest absolute Gasteiger partial charge is 0.0972 e. The fraction of sp³-hybridized carbons (Fsp3) is 0. The van der Waals surface area contributed by atoms with Crippen LogP contribution >= 0.6 is 0 Å². The summed E-state index contributed by atoms with van der Waals surface area (Å²) in [7, 11) is 0. The van der Waals surface area contributed by atoms with Crippen LogP contribution in [-0.4, -0.2) is 24.9 Å². The maximum absolute atomic E-state index is 5.26. The standard InChI is InChI=1S/C45H29N5/c1-2-11-32(12-3-1)35-13-10-14-37-44(35)36-23-22-33(27-41(36)50-45(37)40-17-6-9-26-48-40)30-18-20-31(21-19-30)34-28-42(38-15-4-7-24-46-38)49-43(29-34)39-16-5-8-25-47-39/h1-29H. The Morgan fingerprint density at radius 1 is 0.320 bits per heavy atom. The van der Waals surface area contributed by atoms with Gasteiger partial charge >= 0.3 is 0 Å². The lowest BCUT2D eigenvalue weighted by Gasteiger charge is -2.15. The predicted octanol–water partition coefficient (Wildman–Crippen LogP) is 11.0.